The van der Waals surface area contributed by atoms with E-state index in [4.69, 9.17) is 0 Å². The molecule has 1 aliphatic heterocycles. The Balaban J connectivity index is 1.64. The highest BCUT2D eigenvalue weighted by atomic mass is 16.3. The molecule has 0 bridgehead atoms. The Morgan fingerprint density at radius 2 is 2.00 bits per heavy atom. The second kappa shape index (κ2) is 5.53. The zero-order chi connectivity index (χ0) is 16.8. The number of aliphatic hydroxyl groups is 1. The highest BCUT2D eigenvalue weighted by Crippen LogP contribution is 2.28. The maximum absolute atomic E-state index is 9.81. The van der Waals surface area contributed by atoms with Crippen molar-refractivity contribution in [3.63, 3.8) is 0 Å². The van der Waals surface area contributed by atoms with Crippen LogP contribution in [-0.2, 0) is 0 Å². The second-order valence-electron chi connectivity index (χ2n) is 6.39. The Hall–Kier alpha value is -2.99. The number of anilines is 1. The monoisotopic (exact) mass is 331 g/mol. The highest BCUT2D eigenvalue weighted by molar-refractivity contribution is 5.83. The molecule has 5 rings (SSSR count). The third-order valence-corrected chi connectivity index (χ3v) is 4.76. The van der Waals surface area contributed by atoms with Gasteiger partial charge < -0.3 is 10.0 Å². The van der Waals surface area contributed by atoms with E-state index in [2.05, 4.69) is 32.0 Å². The van der Waals surface area contributed by atoms with Gasteiger partial charge in [0.25, 0.3) is 0 Å². The predicted octanol–water partition coefficient (Wildman–Crippen LogP) is 2.52. The van der Waals surface area contributed by atoms with Crippen LogP contribution in [0.4, 0.5) is 5.82 Å². The number of para-hydroxylation sites is 1. The molecule has 1 aliphatic rings. The largest absolute Gasteiger partial charge is 0.391 e. The van der Waals surface area contributed by atoms with Gasteiger partial charge in [0.15, 0.2) is 11.5 Å². The Morgan fingerprint density at radius 3 is 2.88 bits per heavy atom. The van der Waals surface area contributed by atoms with Gasteiger partial charge in [0, 0.05) is 42.6 Å². The van der Waals surface area contributed by atoms with Crippen LogP contribution in [0.2, 0.25) is 0 Å². The molecule has 4 aromatic rings. The Kier molecular flexibility index (Phi) is 3.18. The van der Waals surface area contributed by atoms with Gasteiger partial charge in [0.2, 0.25) is 0 Å². The number of hydrogen-bond acceptors (Lipinski definition) is 5. The van der Waals surface area contributed by atoms with E-state index < -0.39 is 0 Å². The number of rotatable bonds is 2. The van der Waals surface area contributed by atoms with Crippen molar-refractivity contribution in [3.05, 3.63) is 55.1 Å². The van der Waals surface area contributed by atoms with Crippen LogP contribution in [0.5, 0.6) is 0 Å². The van der Waals surface area contributed by atoms with Crippen molar-refractivity contribution in [2.45, 2.75) is 12.5 Å². The first-order chi connectivity index (χ1) is 12.3. The average Bonchev–Trinajstić information content (AvgIpc) is 3.27. The summed E-state index contributed by atoms with van der Waals surface area (Å²) in [4.78, 5) is 15.7. The lowest BCUT2D eigenvalue weighted by Gasteiger charge is -2.17. The first kappa shape index (κ1) is 14.4. The molecule has 0 aliphatic carbocycles. The third kappa shape index (κ3) is 2.34. The van der Waals surface area contributed by atoms with E-state index in [9.17, 15) is 5.11 Å². The van der Waals surface area contributed by atoms with Crippen LogP contribution >= 0.6 is 0 Å². The lowest BCUT2D eigenvalue weighted by Crippen LogP contribution is -2.23. The summed E-state index contributed by atoms with van der Waals surface area (Å²) in [5, 5.41) is 10.9. The van der Waals surface area contributed by atoms with E-state index in [0.717, 1.165) is 46.6 Å². The fraction of sp³-hybridized carbons (Fsp3) is 0.211. The lowest BCUT2D eigenvalue weighted by molar-refractivity contribution is 0.198. The van der Waals surface area contributed by atoms with E-state index in [-0.39, 0.29) is 6.10 Å². The van der Waals surface area contributed by atoms with E-state index in [1.807, 2.05) is 41.2 Å². The summed E-state index contributed by atoms with van der Waals surface area (Å²) in [6.45, 7) is 1.40. The van der Waals surface area contributed by atoms with Crippen molar-refractivity contribution in [3.8, 4) is 11.3 Å². The zero-order valence-corrected chi connectivity index (χ0v) is 13.6. The molecule has 3 aromatic heterocycles. The molecular weight excluding hydrogens is 314 g/mol. The number of pyridine rings is 1. The fourth-order valence-electron chi connectivity index (χ4n) is 3.49. The minimum atomic E-state index is -0.291. The second-order valence-corrected chi connectivity index (χ2v) is 6.39. The minimum Gasteiger partial charge on any atom is -0.391 e. The van der Waals surface area contributed by atoms with Crippen molar-refractivity contribution < 1.29 is 5.11 Å². The van der Waals surface area contributed by atoms with Gasteiger partial charge in [-0.3, -0.25) is 9.38 Å². The van der Waals surface area contributed by atoms with Crippen molar-refractivity contribution in [1.82, 2.24) is 19.4 Å². The molecule has 0 spiro atoms. The van der Waals surface area contributed by atoms with E-state index in [1.165, 1.54) is 0 Å². The summed E-state index contributed by atoms with van der Waals surface area (Å²) in [5.41, 5.74) is 3.79. The molecule has 6 heteroatoms. The standard InChI is InChI=1S/C19H17N5O/c25-15-5-7-23(12-15)18-19-22-11-17(24(19)8-6-20-18)14-9-13-3-1-2-4-16(13)21-10-14/h1-4,6,8-11,15,25H,5,7,12H2. The molecule has 0 amide bonds. The minimum absolute atomic E-state index is 0.291. The van der Waals surface area contributed by atoms with Crippen LogP contribution in [0, 0.1) is 0 Å². The fourth-order valence-corrected chi connectivity index (χ4v) is 3.49. The van der Waals surface area contributed by atoms with Crippen molar-refractivity contribution in [2.24, 2.45) is 0 Å². The molecule has 0 saturated carbocycles. The van der Waals surface area contributed by atoms with E-state index in [0.29, 0.717) is 6.54 Å². The molecule has 1 atom stereocenters. The molecular formula is C19H17N5O. The van der Waals surface area contributed by atoms with Gasteiger partial charge in [-0.2, -0.15) is 0 Å². The number of fused-ring (bicyclic) bond motifs is 2. The molecule has 0 radical (unpaired) electrons. The average molecular weight is 331 g/mol. The maximum Gasteiger partial charge on any atom is 0.180 e. The van der Waals surface area contributed by atoms with E-state index >= 15 is 0 Å². The molecule has 6 nitrogen and oxygen atoms in total. The smallest absolute Gasteiger partial charge is 0.180 e. The van der Waals surface area contributed by atoms with Gasteiger partial charge in [-0.05, 0) is 18.6 Å². The van der Waals surface area contributed by atoms with Crippen LogP contribution in [0.3, 0.4) is 0 Å². The van der Waals surface area contributed by atoms with Crippen molar-refractivity contribution in [2.75, 3.05) is 18.0 Å². The SMILES string of the molecule is OC1CCN(c2nccn3c(-c4cnc5ccccc5c4)cnc23)C1. The summed E-state index contributed by atoms with van der Waals surface area (Å²) < 4.78 is 2.04. The summed E-state index contributed by atoms with van der Waals surface area (Å²) >= 11 is 0. The number of aliphatic hydroxyl groups excluding tert-OH is 1. The normalized spacial score (nSPS) is 17.6. The zero-order valence-electron chi connectivity index (χ0n) is 13.6. The van der Waals surface area contributed by atoms with Gasteiger partial charge >= 0.3 is 0 Å². The van der Waals surface area contributed by atoms with Crippen molar-refractivity contribution >= 4 is 22.4 Å². The van der Waals surface area contributed by atoms with Gasteiger partial charge in [-0.1, -0.05) is 18.2 Å². The number of hydrogen-bond donors (Lipinski definition) is 1. The van der Waals surface area contributed by atoms with Gasteiger partial charge in [0.05, 0.1) is 23.5 Å². The highest BCUT2D eigenvalue weighted by Gasteiger charge is 2.24. The lowest BCUT2D eigenvalue weighted by atomic mass is 10.1. The maximum atomic E-state index is 9.81. The van der Waals surface area contributed by atoms with E-state index in [1.54, 1.807) is 6.20 Å². The number of aromatic nitrogens is 4. The molecule has 1 aromatic carbocycles. The topological polar surface area (TPSA) is 66.5 Å². The summed E-state index contributed by atoms with van der Waals surface area (Å²) in [6, 6.07) is 10.2. The molecule has 25 heavy (non-hydrogen) atoms. The third-order valence-electron chi connectivity index (χ3n) is 4.76. The van der Waals surface area contributed by atoms with Gasteiger partial charge in [-0.25, -0.2) is 9.97 Å². The first-order valence-electron chi connectivity index (χ1n) is 8.40. The first-order valence-corrected chi connectivity index (χ1v) is 8.40. The van der Waals surface area contributed by atoms with Crippen LogP contribution in [0.1, 0.15) is 6.42 Å². The van der Waals surface area contributed by atoms with Gasteiger partial charge in [-0.15, -0.1) is 0 Å². The summed E-state index contributed by atoms with van der Waals surface area (Å²) in [6.07, 6.45) is 7.92. The molecule has 124 valence electrons. The van der Waals surface area contributed by atoms with Crippen molar-refractivity contribution in [1.29, 1.82) is 0 Å². The Morgan fingerprint density at radius 1 is 1.08 bits per heavy atom. The molecule has 1 fully saturated rings. The number of β-amino-alcohol motifs (C(OH)–C–C–N with tert-alkyl or cyclic N) is 1. The Labute approximate surface area is 144 Å². The summed E-state index contributed by atoms with van der Waals surface area (Å²) in [5.74, 6) is 0.819. The van der Waals surface area contributed by atoms with Crippen LogP contribution in [0.15, 0.2) is 55.1 Å². The predicted molar refractivity (Wildman–Crippen MR) is 96.6 cm³/mol. The van der Waals surface area contributed by atoms with Crippen LogP contribution in [0.25, 0.3) is 27.8 Å². The molecule has 1 saturated heterocycles. The molecule has 1 N–H and O–H groups in total. The van der Waals surface area contributed by atoms with Crippen LogP contribution < -0.4 is 4.90 Å². The summed E-state index contributed by atoms with van der Waals surface area (Å²) in [7, 11) is 0. The molecule has 4 heterocycles. The Bertz CT molecular complexity index is 1070. The van der Waals surface area contributed by atoms with Crippen LogP contribution in [-0.4, -0.2) is 43.7 Å². The molecule has 1 unspecified atom stereocenters. The number of imidazole rings is 1. The van der Waals surface area contributed by atoms with Gasteiger partial charge in [0.1, 0.15) is 0 Å². The number of benzene rings is 1. The quantitative estimate of drug-likeness (QED) is 0.611. The number of nitrogens with zero attached hydrogens (tertiary/aromatic N) is 5.